The summed E-state index contributed by atoms with van der Waals surface area (Å²) >= 11 is 0. The number of benzene rings is 1. The van der Waals surface area contributed by atoms with Crippen molar-refractivity contribution in [1.82, 2.24) is 4.31 Å². The van der Waals surface area contributed by atoms with Gasteiger partial charge in [0, 0.05) is 18.8 Å². The highest BCUT2D eigenvalue weighted by atomic mass is 32.2. The van der Waals surface area contributed by atoms with Crippen molar-refractivity contribution in [3.05, 3.63) is 23.3 Å². The maximum Gasteiger partial charge on any atom is 0.243 e. The van der Waals surface area contributed by atoms with Gasteiger partial charge < -0.3 is 5.73 Å². The van der Waals surface area contributed by atoms with E-state index in [4.69, 9.17) is 5.73 Å². The van der Waals surface area contributed by atoms with Gasteiger partial charge in [0.05, 0.1) is 4.90 Å². The van der Waals surface area contributed by atoms with Crippen molar-refractivity contribution in [3.63, 3.8) is 0 Å². The van der Waals surface area contributed by atoms with Crippen LogP contribution in [0, 0.1) is 13.8 Å². The number of hydrogen-bond acceptors (Lipinski definition) is 3. The molecule has 2 N–H and O–H groups in total. The first-order chi connectivity index (χ1) is 8.71. The molecule has 0 saturated heterocycles. The molecule has 0 saturated carbocycles. The average molecular weight is 284 g/mol. The van der Waals surface area contributed by atoms with Crippen molar-refractivity contribution in [2.75, 3.05) is 12.8 Å². The molecule has 1 unspecified atom stereocenters. The second-order valence-electron chi connectivity index (χ2n) is 5.14. The number of nitrogens with zero attached hydrogens (tertiary/aromatic N) is 1. The summed E-state index contributed by atoms with van der Waals surface area (Å²) in [6.07, 6.45) is 1.80. The van der Waals surface area contributed by atoms with Crippen LogP contribution in [-0.2, 0) is 10.0 Å². The Morgan fingerprint density at radius 1 is 1.32 bits per heavy atom. The minimum atomic E-state index is -3.48. The lowest BCUT2D eigenvalue weighted by Gasteiger charge is -2.25. The third-order valence-electron chi connectivity index (χ3n) is 3.53. The summed E-state index contributed by atoms with van der Waals surface area (Å²) in [6, 6.07) is 3.47. The Morgan fingerprint density at radius 3 is 2.42 bits per heavy atom. The molecule has 0 amide bonds. The Bertz CT molecular complexity index is 553. The fourth-order valence-corrected chi connectivity index (χ4v) is 3.84. The maximum absolute atomic E-state index is 12.6. The van der Waals surface area contributed by atoms with E-state index in [9.17, 15) is 8.42 Å². The predicted octanol–water partition coefficient (Wildman–Crippen LogP) is 2.69. The molecule has 0 bridgehead atoms. The van der Waals surface area contributed by atoms with Gasteiger partial charge in [-0.3, -0.25) is 0 Å². The van der Waals surface area contributed by atoms with E-state index in [1.54, 1.807) is 26.1 Å². The van der Waals surface area contributed by atoms with Crippen LogP contribution < -0.4 is 5.73 Å². The Hall–Kier alpha value is -1.07. The summed E-state index contributed by atoms with van der Waals surface area (Å²) in [5.74, 6) is 0. The first-order valence-electron chi connectivity index (χ1n) is 6.56. The van der Waals surface area contributed by atoms with E-state index < -0.39 is 10.0 Å². The number of sulfonamides is 1. The Balaban J connectivity index is 3.28. The van der Waals surface area contributed by atoms with E-state index >= 15 is 0 Å². The zero-order chi connectivity index (χ0) is 14.8. The van der Waals surface area contributed by atoms with E-state index in [0.29, 0.717) is 16.1 Å². The zero-order valence-corrected chi connectivity index (χ0v) is 13.2. The van der Waals surface area contributed by atoms with Crippen LogP contribution in [0.25, 0.3) is 0 Å². The Labute approximate surface area is 116 Å². The van der Waals surface area contributed by atoms with Gasteiger partial charge in [0.15, 0.2) is 0 Å². The molecular formula is C14H24N2O2S. The normalized spacial score (nSPS) is 13.8. The number of nitrogen functional groups attached to an aromatic ring is 1. The monoisotopic (exact) mass is 284 g/mol. The Morgan fingerprint density at radius 2 is 1.89 bits per heavy atom. The number of nitrogens with two attached hydrogens (primary N) is 1. The first-order valence-corrected chi connectivity index (χ1v) is 8.00. The van der Waals surface area contributed by atoms with Crippen LogP contribution >= 0.6 is 0 Å². The molecule has 19 heavy (non-hydrogen) atoms. The molecule has 0 aromatic heterocycles. The fourth-order valence-electron chi connectivity index (χ4n) is 2.11. The summed E-state index contributed by atoms with van der Waals surface area (Å²) < 4.78 is 26.7. The molecule has 0 fully saturated rings. The van der Waals surface area contributed by atoms with Crippen molar-refractivity contribution in [1.29, 1.82) is 0 Å². The lowest BCUT2D eigenvalue weighted by atomic mass is 10.1. The number of anilines is 1. The minimum Gasteiger partial charge on any atom is -0.398 e. The third kappa shape index (κ3) is 3.28. The van der Waals surface area contributed by atoms with Crippen LogP contribution in [0.1, 0.15) is 37.8 Å². The number of hydrogen-bond donors (Lipinski definition) is 1. The predicted molar refractivity (Wildman–Crippen MR) is 79.6 cm³/mol. The zero-order valence-electron chi connectivity index (χ0n) is 12.4. The maximum atomic E-state index is 12.6. The van der Waals surface area contributed by atoms with Crippen molar-refractivity contribution >= 4 is 15.7 Å². The van der Waals surface area contributed by atoms with Crippen LogP contribution in [-0.4, -0.2) is 25.8 Å². The second kappa shape index (κ2) is 5.92. The van der Waals surface area contributed by atoms with E-state index in [0.717, 1.165) is 18.4 Å². The molecule has 0 spiro atoms. The summed E-state index contributed by atoms with van der Waals surface area (Å²) in [4.78, 5) is 0.315. The third-order valence-corrected chi connectivity index (χ3v) is 5.63. The molecule has 0 aliphatic heterocycles. The number of aryl methyl sites for hydroxylation is 1. The standard InChI is InChI=1S/C14H24N2O2S/c1-6-7-11(3)16(5)19(17,18)14-9-10(2)8-13(15)12(14)4/h8-9,11H,6-7,15H2,1-5H3. The van der Waals surface area contributed by atoms with Gasteiger partial charge >= 0.3 is 0 Å². The van der Waals surface area contributed by atoms with Crippen LogP contribution in [0.2, 0.25) is 0 Å². The van der Waals surface area contributed by atoms with Crippen LogP contribution in [0.4, 0.5) is 5.69 Å². The summed E-state index contributed by atoms with van der Waals surface area (Å²) in [5, 5.41) is 0. The largest absolute Gasteiger partial charge is 0.398 e. The van der Waals surface area contributed by atoms with E-state index in [-0.39, 0.29) is 6.04 Å². The van der Waals surface area contributed by atoms with Gasteiger partial charge in [-0.05, 0) is 50.5 Å². The van der Waals surface area contributed by atoms with E-state index in [1.807, 2.05) is 20.8 Å². The first kappa shape index (κ1) is 16.0. The summed E-state index contributed by atoms with van der Waals surface area (Å²) in [5.41, 5.74) is 7.88. The van der Waals surface area contributed by atoms with Gasteiger partial charge in [0.1, 0.15) is 0 Å². The molecule has 0 aliphatic carbocycles. The van der Waals surface area contributed by atoms with Gasteiger partial charge in [-0.25, -0.2) is 8.42 Å². The molecule has 5 heteroatoms. The van der Waals surface area contributed by atoms with Crippen molar-refractivity contribution in [3.8, 4) is 0 Å². The molecule has 0 aliphatic rings. The van der Waals surface area contributed by atoms with Gasteiger partial charge in [0.2, 0.25) is 10.0 Å². The number of rotatable bonds is 5. The second-order valence-corrected chi connectivity index (χ2v) is 7.10. The average Bonchev–Trinajstić information content (AvgIpc) is 2.32. The molecule has 108 valence electrons. The SMILES string of the molecule is CCCC(C)N(C)S(=O)(=O)c1cc(C)cc(N)c1C. The fraction of sp³-hybridized carbons (Fsp3) is 0.571. The van der Waals surface area contributed by atoms with E-state index in [2.05, 4.69) is 0 Å². The smallest absolute Gasteiger partial charge is 0.243 e. The van der Waals surface area contributed by atoms with E-state index in [1.165, 1.54) is 4.31 Å². The molecule has 1 rings (SSSR count). The highest BCUT2D eigenvalue weighted by molar-refractivity contribution is 7.89. The molecule has 4 nitrogen and oxygen atoms in total. The molecule has 1 aromatic rings. The van der Waals surface area contributed by atoms with Gasteiger partial charge in [-0.15, -0.1) is 0 Å². The highest BCUT2D eigenvalue weighted by Gasteiger charge is 2.27. The molecular weight excluding hydrogens is 260 g/mol. The van der Waals surface area contributed by atoms with Gasteiger partial charge in [-0.2, -0.15) is 4.31 Å². The molecule has 1 atom stereocenters. The Kier molecular flexibility index (Phi) is 4.98. The van der Waals surface area contributed by atoms with Crippen molar-refractivity contribution in [2.24, 2.45) is 0 Å². The summed E-state index contributed by atoms with van der Waals surface area (Å²) in [7, 11) is -1.85. The quantitative estimate of drug-likeness (QED) is 0.846. The minimum absolute atomic E-state index is 0.0175. The van der Waals surface area contributed by atoms with Crippen LogP contribution in [0.3, 0.4) is 0 Å². The topological polar surface area (TPSA) is 63.4 Å². The van der Waals surface area contributed by atoms with Crippen LogP contribution in [0.15, 0.2) is 17.0 Å². The van der Waals surface area contributed by atoms with Gasteiger partial charge in [0.25, 0.3) is 0 Å². The van der Waals surface area contributed by atoms with Crippen molar-refractivity contribution in [2.45, 2.75) is 51.5 Å². The van der Waals surface area contributed by atoms with Gasteiger partial charge in [-0.1, -0.05) is 13.3 Å². The van der Waals surface area contributed by atoms with Crippen LogP contribution in [0.5, 0.6) is 0 Å². The van der Waals surface area contributed by atoms with Crippen molar-refractivity contribution < 1.29 is 8.42 Å². The molecule has 0 radical (unpaired) electrons. The summed E-state index contributed by atoms with van der Waals surface area (Å²) in [6.45, 7) is 7.58. The highest BCUT2D eigenvalue weighted by Crippen LogP contribution is 2.26. The molecule has 1 aromatic carbocycles. The lowest BCUT2D eigenvalue weighted by molar-refractivity contribution is 0.368. The molecule has 0 heterocycles. The lowest BCUT2D eigenvalue weighted by Crippen LogP contribution is -2.35.